The highest BCUT2D eigenvalue weighted by atomic mass is 16.2. The molecule has 0 aliphatic rings. The number of nitrogens with zero attached hydrogens (tertiary/aromatic N) is 4. The van der Waals surface area contributed by atoms with Crippen LogP contribution in [0.2, 0.25) is 0 Å². The van der Waals surface area contributed by atoms with Crippen molar-refractivity contribution >= 4 is 40.7 Å². The average molecular weight is 437 g/mol. The number of rotatable bonds is 7. The predicted octanol–water partition coefficient (Wildman–Crippen LogP) is 1.96. The number of amides is 2. The minimum Gasteiger partial charge on any atom is -0.369 e. The van der Waals surface area contributed by atoms with Gasteiger partial charge in [0.2, 0.25) is 11.9 Å². The van der Waals surface area contributed by atoms with Crippen LogP contribution in [-0.2, 0) is 0 Å². The summed E-state index contributed by atoms with van der Waals surface area (Å²) < 4.78 is 0. The number of hydrogen-bond acceptors (Lipinski definition) is 5. The van der Waals surface area contributed by atoms with Crippen molar-refractivity contribution < 1.29 is 4.79 Å². The summed E-state index contributed by atoms with van der Waals surface area (Å²) in [5, 5.41) is 20.9. The van der Waals surface area contributed by atoms with Gasteiger partial charge >= 0.3 is 6.03 Å². The van der Waals surface area contributed by atoms with Gasteiger partial charge in [0.25, 0.3) is 0 Å². The van der Waals surface area contributed by atoms with Crippen LogP contribution in [0.1, 0.15) is 31.9 Å². The molecule has 32 heavy (non-hydrogen) atoms. The third-order valence-electron chi connectivity index (χ3n) is 4.13. The summed E-state index contributed by atoms with van der Waals surface area (Å²) in [4.78, 5) is 12.3. The average Bonchev–Trinajstić information content (AvgIpc) is 2.73. The fourth-order valence-electron chi connectivity index (χ4n) is 2.62. The Kier molecular flexibility index (Phi) is 8.29. The number of nitrogens with one attached hydrogen (secondary N) is 2. The van der Waals surface area contributed by atoms with Gasteiger partial charge in [-0.15, -0.1) is 10.2 Å². The maximum Gasteiger partial charge on any atom is 0.323 e. The Labute approximate surface area is 186 Å². The number of guanidine groups is 2. The van der Waals surface area contributed by atoms with Crippen molar-refractivity contribution in [3.8, 4) is 0 Å². The van der Waals surface area contributed by atoms with Crippen molar-refractivity contribution in [1.82, 2.24) is 0 Å². The molecule has 0 saturated carbocycles. The van der Waals surface area contributed by atoms with Crippen LogP contribution in [0.25, 0.3) is 0 Å². The van der Waals surface area contributed by atoms with Crippen LogP contribution in [-0.4, -0.2) is 29.4 Å². The second-order valence-corrected chi connectivity index (χ2v) is 7.11. The molecule has 0 aliphatic carbocycles. The molecule has 11 nitrogen and oxygen atoms in total. The molecule has 0 aromatic heterocycles. The van der Waals surface area contributed by atoms with Crippen LogP contribution in [0, 0.1) is 5.92 Å². The largest absolute Gasteiger partial charge is 0.369 e. The van der Waals surface area contributed by atoms with E-state index in [-0.39, 0.29) is 23.9 Å². The van der Waals surface area contributed by atoms with Crippen molar-refractivity contribution in [2.75, 3.05) is 10.6 Å². The van der Waals surface area contributed by atoms with Gasteiger partial charge in [-0.05, 0) is 48.2 Å². The first-order valence-corrected chi connectivity index (χ1v) is 9.74. The van der Waals surface area contributed by atoms with Crippen molar-refractivity contribution in [2.24, 2.45) is 49.3 Å². The van der Waals surface area contributed by atoms with E-state index in [9.17, 15) is 4.79 Å². The van der Waals surface area contributed by atoms with Gasteiger partial charge in [-0.25, -0.2) is 4.79 Å². The molecule has 11 heteroatoms. The van der Waals surface area contributed by atoms with Crippen molar-refractivity contribution in [2.45, 2.75) is 20.8 Å². The van der Waals surface area contributed by atoms with Crippen LogP contribution in [0.5, 0.6) is 0 Å². The lowest BCUT2D eigenvalue weighted by Gasteiger charge is -2.11. The Morgan fingerprint density at radius 3 is 1.59 bits per heavy atom. The molecule has 0 unspecified atom stereocenters. The number of benzene rings is 2. The molecule has 2 amide bonds. The highest BCUT2D eigenvalue weighted by molar-refractivity contribution is 6.04. The highest BCUT2D eigenvalue weighted by Crippen LogP contribution is 2.16. The quantitative estimate of drug-likeness (QED) is 0.219. The molecule has 0 fully saturated rings. The van der Waals surface area contributed by atoms with Crippen LogP contribution in [0.3, 0.4) is 0 Å². The molecule has 0 atom stereocenters. The molecule has 0 heterocycles. The van der Waals surface area contributed by atoms with Gasteiger partial charge < -0.3 is 33.6 Å². The summed E-state index contributed by atoms with van der Waals surface area (Å²) in [7, 11) is 0. The van der Waals surface area contributed by atoms with E-state index in [0.717, 1.165) is 16.8 Å². The van der Waals surface area contributed by atoms with Crippen molar-refractivity contribution in [3.05, 3.63) is 59.7 Å². The number of urea groups is 1. The molecule has 2 rings (SSSR count). The first-order valence-electron chi connectivity index (χ1n) is 9.74. The normalized spacial score (nSPS) is 11.6. The van der Waals surface area contributed by atoms with Crippen LogP contribution in [0.4, 0.5) is 16.2 Å². The minimum absolute atomic E-state index is 0.108. The van der Waals surface area contributed by atoms with Crippen molar-refractivity contribution in [1.29, 1.82) is 0 Å². The van der Waals surface area contributed by atoms with E-state index in [4.69, 9.17) is 22.9 Å². The fraction of sp³-hybridized carbons (Fsp3) is 0.190. The third-order valence-corrected chi connectivity index (χ3v) is 4.13. The number of hydrogen-bond donors (Lipinski definition) is 6. The number of carbonyl (C=O) groups is 1. The van der Waals surface area contributed by atoms with Gasteiger partial charge in [0, 0.05) is 11.4 Å². The highest BCUT2D eigenvalue weighted by Gasteiger charge is 2.10. The molecule has 0 saturated heterocycles. The van der Waals surface area contributed by atoms with Gasteiger partial charge in [0.15, 0.2) is 0 Å². The van der Waals surface area contributed by atoms with Gasteiger partial charge in [0.05, 0.1) is 11.4 Å². The Balaban J connectivity index is 2.03. The lowest BCUT2D eigenvalue weighted by molar-refractivity contribution is 0.262. The smallest absolute Gasteiger partial charge is 0.323 e. The van der Waals surface area contributed by atoms with Crippen LogP contribution in [0.15, 0.2) is 68.9 Å². The summed E-state index contributed by atoms with van der Waals surface area (Å²) in [6, 6.07) is 13.9. The molecule has 0 bridgehead atoms. The predicted molar refractivity (Wildman–Crippen MR) is 131 cm³/mol. The van der Waals surface area contributed by atoms with Crippen LogP contribution < -0.4 is 33.6 Å². The summed E-state index contributed by atoms with van der Waals surface area (Å²) in [6.45, 7) is 5.75. The minimum atomic E-state index is -0.380. The second-order valence-electron chi connectivity index (χ2n) is 7.11. The molecular formula is C21H28N10O. The first-order chi connectivity index (χ1) is 15.2. The maximum absolute atomic E-state index is 12.3. The second kappa shape index (κ2) is 11.1. The molecule has 10 N–H and O–H groups in total. The maximum atomic E-state index is 12.3. The van der Waals surface area contributed by atoms with Gasteiger partial charge in [0.1, 0.15) is 0 Å². The zero-order valence-corrected chi connectivity index (χ0v) is 18.2. The Morgan fingerprint density at radius 2 is 1.16 bits per heavy atom. The summed E-state index contributed by atoms with van der Waals surface area (Å²) in [5.74, 6) is -0.118. The molecular weight excluding hydrogens is 408 g/mol. The monoisotopic (exact) mass is 436 g/mol. The van der Waals surface area contributed by atoms with E-state index in [1.54, 1.807) is 43.3 Å². The zero-order chi connectivity index (χ0) is 23.7. The molecule has 2 aromatic rings. The van der Waals surface area contributed by atoms with E-state index >= 15 is 0 Å². The van der Waals surface area contributed by atoms with E-state index in [1.165, 1.54) is 0 Å². The standard InChI is InChI=1S/C21H28N10O/c1-12(2)18(29-31-20(24)25)15-6-10-17(11-7-15)27-21(32)26-16-8-4-14(5-9-16)13(3)28-30-19(22)23/h4-12H,1-3H3,(H4,22,23,30)(H4,24,25,31)(H2,26,27,32)/b28-13+,29-18+. The van der Waals surface area contributed by atoms with E-state index in [2.05, 4.69) is 31.0 Å². The van der Waals surface area contributed by atoms with E-state index in [1.807, 2.05) is 26.0 Å². The van der Waals surface area contributed by atoms with E-state index in [0.29, 0.717) is 17.1 Å². The van der Waals surface area contributed by atoms with Gasteiger partial charge in [-0.1, -0.05) is 38.1 Å². The zero-order valence-electron chi connectivity index (χ0n) is 18.2. The lowest BCUT2D eigenvalue weighted by atomic mass is 10.00. The van der Waals surface area contributed by atoms with Gasteiger partial charge in [-0.2, -0.15) is 10.2 Å². The Bertz CT molecular complexity index is 1040. The number of anilines is 2. The first kappa shape index (κ1) is 23.9. The number of carbonyl (C=O) groups excluding carboxylic acids is 1. The fourth-order valence-corrected chi connectivity index (χ4v) is 2.62. The summed E-state index contributed by atoms with van der Waals surface area (Å²) >= 11 is 0. The lowest BCUT2D eigenvalue weighted by Crippen LogP contribution is -2.22. The Hall–Kier alpha value is -4.41. The molecule has 2 aromatic carbocycles. The number of nitrogens with two attached hydrogens (primary N) is 4. The van der Waals surface area contributed by atoms with Gasteiger partial charge in [-0.3, -0.25) is 0 Å². The van der Waals surface area contributed by atoms with Crippen LogP contribution >= 0.6 is 0 Å². The summed E-state index contributed by atoms with van der Waals surface area (Å²) in [5.41, 5.74) is 25.5. The van der Waals surface area contributed by atoms with Crippen molar-refractivity contribution in [3.63, 3.8) is 0 Å². The third kappa shape index (κ3) is 7.44. The Morgan fingerprint density at radius 1 is 0.719 bits per heavy atom. The summed E-state index contributed by atoms with van der Waals surface area (Å²) in [6.07, 6.45) is 0. The molecule has 0 radical (unpaired) electrons. The van der Waals surface area contributed by atoms with E-state index < -0.39 is 0 Å². The topological polar surface area (TPSA) is 195 Å². The molecule has 0 spiro atoms. The molecule has 0 aliphatic heterocycles. The SMILES string of the molecule is C/C(=N\N=C(N)N)c1ccc(NC(=O)Nc2ccc(/C(=N/N=C(N)N)C(C)C)cc2)cc1. The molecule has 168 valence electrons.